The minimum Gasteiger partial charge on any atom is -0.465 e. The maximum absolute atomic E-state index is 13.5. The number of aliphatic hydroxyl groups excluding tert-OH is 1. The molecule has 1 amide bonds. The Morgan fingerprint density at radius 1 is 1.00 bits per heavy atom. The van der Waals surface area contributed by atoms with Crippen molar-refractivity contribution >= 4 is 11.8 Å². The average Bonchev–Trinajstić information content (AvgIpc) is 2.86. The van der Waals surface area contributed by atoms with Crippen molar-refractivity contribution in [3.8, 4) is 0 Å². The van der Waals surface area contributed by atoms with Gasteiger partial charge in [0.2, 0.25) is 0 Å². The Bertz CT molecular complexity index is 1080. The van der Waals surface area contributed by atoms with Gasteiger partial charge < -0.3 is 20.3 Å². The summed E-state index contributed by atoms with van der Waals surface area (Å²) < 4.78 is 33.2. The topological polar surface area (TPSA) is 82.0 Å². The number of carboxylic acid groups (broad SMARTS) is 1. The van der Waals surface area contributed by atoms with E-state index in [0.29, 0.717) is 18.7 Å². The minimum absolute atomic E-state index is 0.268. The van der Waals surface area contributed by atoms with E-state index < -0.39 is 12.2 Å². The maximum atomic E-state index is 13.5. The number of ether oxygens (including phenoxy) is 1. The number of carbonyl (C=O) groups is 1. The molecule has 1 aliphatic rings. The molecule has 0 unspecified atom stereocenters. The molecule has 1 aliphatic heterocycles. The Morgan fingerprint density at radius 2 is 1.54 bits per heavy atom. The summed E-state index contributed by atoms with van der Waals surface area (Å²) in [6.45, 7) is 0.747. The molecule has 8 heteroatoms. The van der Waals surface area contributed by atoms with Crippen LogP contribution in [0.15, 0.2) is 72.8 Å². The third-order valence-corrected chi connectivity index (χ3v) is 6.44. The first-order valence-electron chi connectivity index (χ1n) is 11.4. The Kier molecular flexibility index (Phi) is 7.75. The van der Waals surface area contributed by atoms with E-state index in [4.69, 9.17) is 9.84 Å². The van der Waals surface area contributed by atoms with E-state index in [0.717, 1.165) is 21.6 Å². The second-order valence-corrected chi connectivity index (χ2v) is 8.75. The van der Waals surface area contributed by atoms with Gasteiger partial charge in [0, 0.05) is 31.6 Å². The lowest BCUT2D eigenvalue weighted by atomic mass is 9.82. The van der Waals surface area contributed by atoms with Crippen molar-refractivity contribution in [3.05, 3.63) is 101 Å². The smallest absolute Gasteiger partial charge is 0.411 e. The van der Waals surface area contributed by atoms with Gasteiger partial charge in [0.25, 0.3) is 0 Å². The van der Waals surface area contributed by atoms with Crippen LogP contribution in [0.3, 0.4) is 0 Å². The van der Waals surface area contributed by atoms with Crippen molar-refractivity contribution in [2.24, 2.45) is 0 Å². The molecule has 0 radical (unpaired) electrons. The van der Waals surface area contributed by atoms with Crippen molar-refractivity contribution in [1.29, 1.82) is 0 Å². The molecule has 3 aromatic rings. The first-order chi connectivity index (χ1) is 16.8. The maximum Gasteiger partial charge on any atom is 0.411 e. The molecule has 184 valence electrons. The summed E-state index contributed by atoms with van der Waals surface area (Å²) in [7, 11) is 1.48. The van der Waals surface area contributed by atoms with Gasteiger partial charge in [0.1, 0.15) is 11.6 Å². The molecular formula is C27H28F2N2O4. The molecular weight excluding hydrogens is 454 g/mol. The number of hydrogen-bond donors (Lipinski definition) is 3. The highest BCUT2D eigenvalue weighted by Crippen LogP contribution is 2.35. The van der Waals surface area contributed by atoms with Crippen molar-refractivity contribution in [2.45, 2.75) is 37.1 Å². The quantitative estimate of drug-likeness (QED) is 0.461. The standard InChI is InChI=1S/C27H28F2N2O4/c1-31(27(33)34)22-12-2-17(3-13-22)15-30-23-16-35-25(14-24(23)32)26(18-4-8-20(28)9-5-18)19-6-10-21(29)11-7-19/h2-13,23-26,30,32H,14-16H2,1H3,(H,33,34)/t23-,24-,25+/m1/s1. The van der Waals surface area contributed by atoms with Gasteiger partial charge in [-0.1, -0.05) is 36.4 Å². The van der Waals surface area contributed by atoms with E-state index in [1.807, 2.05) is 12.1 Å². The minimum atomic E-state index is -1.03. The highest BCUT2D eigenvalue weighted by molar-refractivity contribution is 5.85. The Hall–Kier alpha value is -3.33. The number of halogens is 2. The number of nitrogens with zero attached hydrogens (tertiary/aromatic N) is 1. The highest BCUT2D eigenvalue weighted by Gasteiger charge is 2.35. The van der Waals surface area contributed by atoms with Crippen LogP contribution in [0.5, 0.6) is 0 Å². The van der Waals surface area contributed by atoms with Crippen molar-refractivity contribution in [1.82, 2.24) is 5.32 Å². The lowest BCUT2D eigenvalue weighted by Gasteiger charge is -2.38. The summed E-state index contributed by atoms with van der Waals surface area (Å²) in [6, 6.07) is 19.1. The SMILES string of the molecule is CN(C(=O)O)c1ccc(CN[C@@H]2CO[C@H](C(c3ccc(F)cc3)c3ccc(F)cc3)C[C@H]2O)cc1. The van der Waals surface area contributed by atoms with Gasteiger partial charge in [-0.15, -0.1) is 0 Å². The summed E-state index contributed by atoms with van der Waals surface area (Å²) in [6.07, 6.45) is -1.74. The fourth-order valence-corrected chi connectivity index (χ4v) is 4.39. The van der Waals surface area contributed by atoms with Crippen molar-refractivity contribution in [2.75, 3.05) is 18.6 Å². The third-order valence-electron chi connectivity index (χ3n) is 6.44. The van der Waals surface area contributed by atoms with Crippen molar-refractivity contribution < 1.29 is 28.5 Å². The predicted octanol–water partition coefficient (Wildman–Crippen LogP) is 4.52. The summed E-state index contributed by atoms with van der Waals surface area (Å²) in [4.78, 5) is 12.2. The van der Waals surface area contributed by atoms with E-state index in [-0.39, 0.29) is 36.3 Å². The molecule has 0 aliphatic carbocycles. The molecule has 3 atom stereocenters. The van der Waals surface area contributed by atoms with Crippen LogP contribution >= 0.6 is 0 Å². The van der Waals surface area contributed by atoms with Gasteiger partial charge in [-0.3, -0.25) is 4.90 Å². The van der Waals surface area contributed by atoms with Gasteiger partial charge in [-0.05, 0) is 53.1 Å². The molecule has 0 bridgehead atoms. The second-order valence-electron chi connectivity index (χ2n) is 8.75. The Morgan fingerprint density at radius 3 is 2.03 bits per heavy atom. The van der Waals surface area contributed by atoms with E-state index in [1.54, 1.807) is 36.4 Å². The van der Waals surface area contributed by atoms with Crippen molar-refractivity contribution in [3.63, 3.8) is 0 Å². The summed E-state index contributed by atoms with van der Waals surface area (Å²) in [5.41, 5.74) is 3.16. The summed E-state index contributed by atoms with van der Waals surface area (Å²) in [5.74, 6) is -0.975. The molecule has 4 rings (SSSR count). The monoisotopic (exact) mass is 482 g/mol. The van der Waals surface area contributed by atoms with E-state index in [2.05, 4.69) is 5.32 Å². The molecule has 0 saturated carbocycles. The first-order valence-corrected chi connectivity index (χ1v) is 11.4. The van der Waals surface area contributed by atoms with E-state index in [1.165, 1.54) is 31.3 Å². The van der Waals surface area contributed by atoms with Gasteiger partial charge >= 0.3 is 6.09 Å². The predicted molar refractivity (Wildman–Crippen MR) is 129 cm³/mol. The third kappa shape index (κ3) is 6.03. The zero-order valence-corrected chi connectivity index (χ0v) is 19.3. The van der Waals surface area contributed by atoms with Gasteiger partial charge in [-0.2, -0.15) is 0 Å². The van der Waals surface area contributed by atoms with Crippen LogP contribution in [0.2, 0.25) is 0 Å². The Labute approximate surface area is 202 Å². The number of aliphatic hydroxyl groups is 1. The van der Waals surface area contributed by atoms with Gasteiger partial charge in [0.15, 0.2) is 0 Å². The fourth-order valence-electron chi connectivity index (χ4n) is 4.39. The number of amides is 1. The van der Waals surface area contributed by atoms with E-state index in [9.17, 15) is 18.7 Å². The number of benzene rings is 3. The molecule has 1 saturated heterocycles. The highest BCUT2D eigenvalue weighted by atomic mass is 19.1. The number of rotatable bonds is 7. The second kappa shape index (κ2) is 10.9. The molecule has 3 N–H and O–H groups in total. The molecule has 3 aromatic carbocycles. The van der Waals surface area contributed by atoms with Gasteiger partial charge in [0.05, 0.1) is 24.9 Å². The average molecular weight is 483 g/mol. The fraction of sp³-hybridized carbons (Fsp3) is 0.296. The zero-order valence-electron chi connectivity index (χ0n) is 19.3. The van der Waals surface area contributed by atoms with Crippen LogP contribution in [0, 0.1) is 11.6 Å². The number of hydrogen-bond acceptors (Lipinski definition) is 4. The summed E-state index contributed by atoms with van der Waals surface area (Å²) in [5, 5.41) is 23.3. The molecule has 35 heavy (non-hydrogen) atoms. The first kappa shape index (κ1) is 24.8. The van der Waals surface area contributed by atoms with Crippen LogP contribution in [-0.2, 0) is 11.3 Å². The molecule has 1 heterocycles. The molecule has 1 fully saturated rings. The zero-order chi connectivity index (χ0) is 24.9. The van der Waals surface area contributed by atoms with Crippen LogP contribution in [-0.4, -0.2) is 48.2 Å². The van der Waals surface area contributed by atoms with Crippen LogP contribution in [0.4, 0.5) is 19.3 Å². The lowest BCUT2D eigenvalue weighted by molar-refractivity contribution is -0.0718. The van der Waals surface area contributed by atoms with Crippen LogP contribution in [0.25, 0.3) is 0 Å². The number of nitrogens with one attached hydrogen (secondary N) is 1. The molecule has 0 spiro atoms. The Balaban J connectivity index is 1.42. The van der Waals surface area contributed by atoms with Crippen LogP contribution < -0.4 is 10.2 Å². The van der Waals surface area contributed by atoms with E-state index >= 15 is 0 Å². The molecule has 0 aromatic heterocycles. The van der Waals surface area contributed by atoms with Crippen LogP contribution in [0.1, 0.15) is 29.0 Å². The van der Waals surface area contributed by atoms with Gasteiger partial charge in [-0.25, -0.2) is 13.6 Å². The largest absolute Gasteiger partial charge is 0.465 e. The number of anilines is 1. The lowest BCUT2D eigenvalue weighted by Crippen LogP contribution is -2.50. The summed E-state index contributed by atoms with van der Waals surface area (Å²) >= 11 is 0. The molecule has 6 nitrogen and oxygen atoms in total. The normalized spacial score (nSPS) is 20.1.